The first kappa shape index (κ1) is 17.6. The Morgan fingerprint density at radius 2 is 1.84 bits per heavy atom. The molecule has 134 valence electrons. The number of aromatic nitrogens is 2. The highest BCUT2D eigenvalue weighted by Crippen LogP contribution is 2.41. The smallest absolute Gasteiger partial charge is 0.416 e. The fourth-order valence-corrected chi connectivity index (χ4v) is 2.90. The van der Waals surface area contributed by atoms with E-state index in [0.717, 1.165) is 18.2 Å². The van der Waals surface area contributed by atoms with Gasteiger partial charge < -0.3 is 20.4 Å². The van der Waals surface area contributed by atoms with Gasteiger partial charge in [0.15, 0.2) is 0 Å². The first-order valence-electron chi connectivity index (χ1n) is 7.47. The van der Waals surface area contributed by atoms with Gasteiger partial charge in [0.05, 0.1) is 23.1 Å². The Labute approximate surface area is 140 Å². The number of hydrogen-bond acceptors (Lipinski definition) is 6. The second-order valence-corrected chi connectivity index (χ2v) is 5.94. The summed E-state index contributed by atoms with van der Waals surface area (Å²) in [5, 5.41) is 47.0. The molecule has 9 heteroatoms. The third-order valence-electron chi connectivity index (χ3n) is 4.30. The third kappa shape index (κ3) is 3.17. The number of nitrogens with zero attached hydrogens (tertiary/aromatic N) is 2. The summed E-state index contributed by atoms with van der Waals surface area (Å²) >= 11 is 0. The molecule has 0 spiro atoms. The number of aromatic hydroxyl groups is 1. The highest BCUT2D eigenvalue weighted by Gasteiger charge is 2.35. The number of phenols is 1. The Balaban J connectivity index is 2.08. The molecule has 3 atom stereocenters. The second-order valence-electron chi connectivity index (χ2n) is 5.94. The summed E-state index contributed by atoms with van der Waals surface area (Å²) in [6, 6.07) is 3.69. The Morgan fingerprint density at radius 1 is 1.12 bits per heavy atom. The lowest BCUT2D eigenvalue weighted by Crippen LogP contribution is -2.27. The molecule has 1 aromatic heterocycles. The molecule has 0 fully saturated rings. The van der Waals surface area contributed by atoms with Crippen molar-refractivity contribution in [1.82, 2.24) is 10.2 Å². The molecule has 1 aromatic carbocycles. The lowest BCUT2D eigenvalue weighted by molar-refractivity contribution is -0.137. The van der Waals surface area contributed by atoms with E-state index in [2.05, 4.69) is 10.2 Å². The highest BCUT2D eigenvalue weighted by atomic mass is 19.4. The Morgan fingerprint density at radius 3 is 2.48 bits per heavy atom. The van der Waals surface area contributed by atoms with E-state index in [4.69, 9.17) is 0 Å². The van der Waals surface area contributed by atoms with Crippen LogP contribution >= 0.6 is 0 Å². The summed E-state index contributed by atoms with van der Waals surface area (Å²) in [6.45, 7) is -0.352. The van der Waals surface area contributed by atoms with E-state index >= 15 is 0 Å². The zero-order valence-corrected chi connectivity index (χ0v) is 12.8. The van der Waals surface area contributed by atoms with Gasteiger partial charge in [0.25, 0.3) is 0 Å². The largest absolute Gasteiger partial charge is 0.507 e. The predicted molar refractivity (Wildman–Crippen MR) is 79.2 cm³/mol. The minimum absolute atomic E-state index is 0.0592. The summed E-state index contributed by atoms with van der Waals surface area (Å²) in [5.41, 5.74) is -0.931. The first-order chi connectivity index (χ1) is 11.7. The molecular weight excluding hydrogens is 341 g/mol. The summed E-state index contributed by atoms with van der Waals surface area (Å²) in [6.07, 6.45) is -6.71. The van der Waals surface area contributed by atoms with E-state index in [1.807, 2.05) is 0 Å². The van der Waals surface area contributed by atoms with Crippen LogP contribution < -0.4 is 0 Å². The van der Waals surface area contributed by atoms with E-state index < -0.39 is 35.6 Å². The van der Waals surface area contributed by atoms with Crippen LogP contribution in [0.2, 0.25) is 0 Å². The molecule has 0 saturated heterocycles. The molecule has 0 amide bonds. The Hall–Kier alpha value is -2.23. The van der Waals surface area contributed by atoms with Crippen LogP contribution in [-0.4, -0.2) is 37.2 Å². The fraction of sp³-hybridized carbons (Fsp3) is 0.375. The molecule has 0 saturated carbocycles. The van der Waals surface area contributed by atoms with Gasteiger partial charge >= 0.3 is 6.18 Å². The molecular formula is C16H15F3N2O4. The van der Waals surface area contributed by atoms with Crippen LogP contribution in [0.1, 0.15) is 35.4 Å². The normalized spacial score (nSPS) is 23.4. The molecule has 2 aromatic rings. The number of benzene rings is 1. The number of aliphatic hydroxyl groups excluding tert-OH is 3. The van der Waals surface area contributed by atoms with Crippen LogP contribution in [0.5, 0.6) is 5.75 Å². The van der Waals surface area contributed by atoms with E-state index in [1.54, 1.807) is 0 Å². The fourth-order valence-electron chi connectivity index (χ4n) is 2.90. The van der Waals surface area contributed by atoms with Crippen LogP contribution in [0.25, 0.3) is 11.3 Å². The Bertz CT molecular complexity index is 797. The molecule has 6 nitrogen and oxygen atoms in total. The molecule has 3 rings (SSSR count). The van der Waals surface area contributed by atoms with Gasteiger partial charge in [0.2, 0.25) is 0 Å². The first-order valence-corrected chi connectivity index (χ1v) is 7.47. The van der Waals surface area contributed by atoms with Crippen LogP contribution in [0.3, 0.4) is 0 Å². The minimum atomic E-state index is -4.59. The number of aliphatic hydroxyl groups is 3. The molecule has 25 heavy (non-hydrogen) atoms. The molecule has 0 radical (unpaired) electrons. The van der Waals surface area contributed by atoms with Crippen molar-refractivity contribution in [2.24, 2.45) is 5.92 Å². The molecule has 1 heterocycles. The maximum absolute atomic E-state index is 12.9. The molecule has 0 aliphatic heterocycles. The van der Waals surface area contributed by atoms with Gasteiger partial charge in [-0.1, -0.05) is 0 Å². The van der Waals surface area contributed by atoms with Gasteiger partial charge in [0.1, 0.15) is 11.9 Å². The van der Waals surface area contributed by atoms with Crippen molar-refractivity contribution in [3.63, 3.8) is 0 Å². The van der Waals surface area contributed by atoms with E-state index in [1.165, 1.54) is 6.07 Å². The van der Waals surface area contributed by atoms with Crippen molar-refractivity contribution in [1.29, 1.82) is 0 Å². The summed E-state index contributed by atoms with van der Waals surface area (Å²) in [4.78, 5) is 0. The number of fused-ring (bicyclic) bond motifs is 1. The number of phenolic OH excluding ortho intramolecular Hbond substituents is 1. The summed E-state index contributed by atoms with van der Waals surface area (Å²) < 4.78 is 38.6. The van der Waals surface area contributed by atoms with Gasteiger partial charge in [-0.2, -0.15) is 18.3 Å². The average molecular weight is 356 g/mol. The lowest BCUT2D eigenvalue weighted by Gasteiger charge is -2.30. The van der Waals surface area contributed by atoms with Crippen molar-refractivity contribution in [3.05, 3.63) is 41.1 Å². The highest BCUT2D eigenvalue weighted by molar-refractivity contribution is 5.68. The van der Waals surface area contributed by atoms with Crippen molar-refractivity contribution in [2.45, 2.75) is 24.8 Å². The van der Waals surface area contributed by atoms with Crippen molar-refractivity contribution >= 4 is 0 Å². The zero-order chi connectivity index (χ0) is 18.4. The molecule has 4 N–H and O–H groups in total. The molecule has 1 aliphatic rings. The number of halogens is 3. The number of rotatable bonds is 2. The van der Waals surface area contributed by atoms with E-state index in [9.17, 15) is 33.6 Å². The topological polar surface area (TPSA) is 107 Å². The number of alkyl halides is 3. The lowest BCUT2D eigenvalue weighted by atomic mass is 9.83. The van der Waals surface area contributed by atoms with Gasteiger partial charge in [-0.3, -0.25) is 0 Å². The van der Waals surface area contributed by atoms with Gasteiger partial charge in [-0.15, -0.1) is 5.10 Å². The predicted octanol–water partition coefficient (Wildman–Crippen LogP) is 1.95. The monoisotopic (exact) mass is 356 g/mol. The van der Waals surface area contributed by atoms with E-state index in [0.29, 0.717) is 0 Å². The number of hydrogen-bond donors (Lipinski definition) is 4. The summed E-state index contributed by atoms with van der Waals surface area (Å²) in [7, 11) is 0. The second kappa shape index (κ2) is 6.25. The van der Waals surface area contributed by atoms with Crippen molar-refractivity contribution < 1.29 is 33.6 Å². The van der Waals surface area contributed by atoms with Gasteiger partial charge in [-0.25, -0.2) is 0 Å². The molecule has 1 aliphatic carbocycles. The van der Waals surface area contributed by atoms with Crippen molar-refractivity contribution in [3.8, 4) is 17.0 Å². The van der Waals surface area contributed by atoms with Gasteiger partial charge in [0, 0.05) is 23.7 Å². The molecule has 3 unspecified atom stereocenters. The van der Waals surface area contributed by atoms with Gasteiger partial charge in [-0.05, 0) is 30.7 Å². The van der Waals surface area contributed by atoms with Crippen molar-refractivity contribution in [2.75, 3.05) is 6.61 Å². The third-order valence-corrected chi connectivity index (χ3v) is 4.30. The minimum Gasteiger partial charge on any atom is -0.507 e. The average Bonchev–Trinajstić information content (AvgIpc) is 2.57. The standard InChI is InChI=1S/C16H15F3N2O4/c17-16(18,19)8-1-2-12(23)9(4-8)11-5-10-13(24)3-7(6-22)15(25)14(10)21-20-11/h1-2,4-5,7,13,15,22-25H,3,6H2. The maximum atomic E-state index is 12.9. The van der Waals surface area contributed by atoms with Crippen LogP contribution in [0.4, 0.5) is 13.2 Å². The van der Waals surface area contributed by atoms with Crippen LogP contribution in [-0.2, 0) is 6.18 Å². The quantitative estimate of drug-likeness (QED) is 0.655. The van der Waals surface area contributed by atoms with Crippen LogP contribution in [0, 0.1) is 5.92 Å². The molecule has 0 bridgehead atoms. The maximum Gasteiger partial charge on any atom is 0.416 e. The SMILES string of the molecule is OCC1CC(O)c2cc(-c3cc(C(F)(F)F)ccc3O)nnc2C1O. The zero-order valence-electron chi connectivity index (χ0n) is 12.8. The Kier molecular flexibility index (Phi) is 4.40. The van der Waals surface area contributed by atoms with E-state index in [-0.39, 0.29) is 35.5 Å². The van der Waals surface area contributed by atoms with Crippen LogP contribution in [0.15, 0.2) is 24.3 Å². The summed E-state index contributed by atoms with van der Waals surface area (Å²) in [5.74, 6) is -1.02.